The number of thiocarbonyl (C=S) groups is 1. The number of aryl methyl sites for hydroxylation is 1. The summed E-state index contributed by atoms with van der Waals surface area (Å²) < 4.78 is 12.2. The fraction of sp³-hybridized carbons (Fsp3) is 0.130. The second-order valence-electron chi connectivity index (χ2n) is 6.43. The largest absolute Gasteiger partial charge is 0.490 e. The lowest BCUT2D eigenvalue weighted by molar-refractivity contribution is 0.0977. The normalized spacial score (nSPS) is 10.2. The molecule has 0 aromatic heterocycles. The molecule has 0 atom stereocenters. The summed E-state index contributed by atoms with van der Waals surface area (Å²) >= 11 is 8.74. The second-order valence-corrected chi connectivity index (χ2v) is 7.69. The van der Waals surface area contributed by atoms with Crippen molar-refractivity contribution in [3.63, 3.8) is 0 Å². The Kier molecular flexibility index (Phi) is 7.82. The molecule has 1 amide bonds. The summed E-state index contributed by atoms with van der Waals surface area (Å²) in [6, 6.07) is 22.3. The van der Waals surface area contributed by atoms with Crippen LogP contribution in [-0.4, -0.2) is 24.2 Å². The molecule has 0 saturated heterocycles. The minimum atomic E-state index is -0.318. The van der Waals surface area contributed by atoms with Gasteiger partial charge in [-0.3, -0.25) is 10.1 Å². The van der Waals surface area contributed by atoms with E-state index in [9.17, 15) is 4.79 Å². The van der Waals surface area contributed by atoms with Crippen molar-refractivity contribution in [2.75, 3.05) is 18.5 Å². The highest BCUT2D eigenvalue weighted by Gasteiger charge is 2.10. The van der Waals surface area contributed by atoms with Crippen LogP contribution in [0.1, 0.15) is 15.9 Å². The molecule has 0 spiro atoms. The zero-order chi connectivity index (χ0) is 21.3. The van der Waals surface area contributed by atoms with Crippen molar-refractivity contribution in [1.82, 2.24) is 5.32 Å². The Balaban J connectivity index is 1.50. The summed E-state index contributed by atoms with van der Waals surface area (Å²) in [6.07, 6.45) is 0. The molecule has 154 valence electrons. The van der Waals surface area contributed by atoms with E-state index in [0.717, 1.165) is 21.5 Å². The van der Waals surface area contributed by atoms with Gasteiger partial charge in [-0.15, -0.1) is 0 Å². The average molecular weight is 485 g/mol. The Bertz CT molecular complexity index is 1030. The van der Waals surface area contributed by atoms with Gasteiger partial charge < -0.3 is 14.8 Å². The van der Waals surface area contributed by atoms with Crippen LogP contribution in [0.15, 0.2) is 77.3 Å². The number of hydrogen-bond acceptors (Lipinski definition) is 4. The fourth-order valence-electron chi connectivity index (χ4n) is 2.61. The van der Waals surface area contributed by atoms with Crippen molar-refractivity contribution in [2.45, 2.75) is 6.92 Å². The van der Waals surface area contributed by atoms with Crippen molar-refractivity contribution in [3.8, 4) is 11.5 Å². The number of nitrogens with one attached hydrogen (secondary N) is 2. The van der Waals surface area contributed by atoms with E-state index in [1.165, 1.54) is 0 Å². The van der Waals surface area contributed by atoms with Gasteiger partial charge in [-0.1, -0.05) is 30.3 Å². The molecule has 3 aromatic rings. The van der Waals surface area contributed by atoms with Gasteiger partial charge in [-0.05, 0) is 83.1 Å². The molecule has 2 N–H and O–H groups in total. The number of carbonyl (C=O) groups is 1. The summed E-state index contributed by atoms with van der Waals surface area (Å²) in [4.78, 5) is 12.5. The minimum Gasteiger partial charge on any atom is -0.490 e. The number of benzene rings is 3. The summed E-state index contributed by atoms with van der Waals surface area (Å²) in [5.41, 5.74) is 2.35. The summed E-state index contributed by atoms with van der Waals surface area (Å²) in [7, 11) is 0. The van der Waals surface area contributed by atoms with Gasteiger partial charge in [0.1, 0.15) is 24.7 Å². The maximum absolute atomic E-state index is 12.5. The van der Waals surface area contributed by atoms with Crippen LogP contribution in [0.3, 0.4) is 0 Å². The zero-order valence-corrected chi connectivity index (χ0v) is 18.8. The lowest BCUT2D eigenvalue weighted by Gasteiger charge is -2.12. The average Bonchev–Trinajstić information content (AvgIpc) is 2.74. The first-order valence-corrected chi connectivity index (χ1v) is 10.5. The highest BCUT2D eigenvalue weighted by atomic mass is 79.9. The molecule has 5 nitrogen and oxygen atoms in total. The number of amides is 1. The van der Waals surface area contributed by atoms with E-state index in [1.807, 2.05) is 55.5 Å². The fourth-order valence-corrected chi connectivity index (χ4v) is 3.41. The van der Waals surface area contributed by atoms with Gasteiger partial charge in [-0.2, -0.15) is 0 Å². The van der Waals surface area contributed by atoms with E-state index in [-0.39, 0.29) is 11.0 Å². The predicted molar refractivity (Wildman–Crippen MR) is 126 cm³/mol. The van der Waals surface area contributed by atoms with Crippen LogP contribution in [-0.2, 0) is 0 Å². The van der Waals surface area contributed by atoms with Gasteiger partial charge in [0, 0.05) is 10.0 Å². The third-order valence-electron chi connectivity index (χ3n) is 4.06. The highest BCUT2D eigenvalue weighted by Crippen LogP contribution is 2.23. The monoisotopic (exact) mass is 484 g/mol. The molecule has 3 rings (SSSR count). The molecule has 7 heteroatoms. The Hall–Kier alpha value is -2.90. The Morgan fingerprint density at radius 3 is 2.37 bits per heavy atom. The molecule has 0 fully saturated rings. The maximum Gasteiger partial charge on any atom is 0.257 e. The van der Waals surface area contributed by atoms with Gasteiger partial charge >= 0.3 is 0 Å². The van der Waals surface area contributed by atoms with Gasteiger partial charge in [0.25, 0.3) is 5.91 Å². The van der Waals surface area contributed by atoms with E-state index >= 15 is 0 Å². The molecular formula is C23H21BrN2O3S. The highest BCUT2D eigenvalue weighted by molar-refractivity contribution is 9.10. The van der Waals surface area contributed by atoms with Crippen molar-refractivity contribution >= 4 is 44.9 Å². The number of para-hydroxylation sites is 1. The van der Waals surface area contributed by atoms with Crippen molar-refractivity contribution in [1.29, 1.82) is 0 Å². The predicted octanol–water partition coefficient (Wildman–Crippen LogP) is 5.34. The topological polar surface area (TPSA) is 59.6 Å². The third kappa shape index (κ3) is 6.57. The molecule has 30 heavy (non-hydrogen) atoms. The smallest absolute Gasteiger partial charge is 0.257 e. The van der Waals surface area contributed by atoms with E-state index in [0.29, 0.717) is 24.5 Å². The molecular weight excluding hydrogens is 464 g/mol. The van der Waals surface area contributed by atoms with Crippen LogP contribution in [0.5, 0.6) is 11.5 Å². The lowest BCUT2D eigenvalue weighted by atomic mass is 10.2. The van der Waals surface area contributed by atoms with Crippen LogP contribution in [0.2, 0.25) is 0 Å². The van der Waals surface area contributed by atoms with Crippen LogP contribution >= 0.6 is 28.1 Å². The van der Waals surface area contributed by atoms with Gasteiger partial charge in [0.05, 0.1) is 5.69 Å². The van der Waals surface area contributed by atoms with Crippen molar-refractivity contribution in [2.24, 2.45) is 0 Å². The minimum absolute atomic E-state index is 0.215. The summed E-state index contributed by atoms with van der Waals surface area (Å²) in [5.74, 6) is 1.05. The van der Waals surface area contributed by atoms with E-state index in [1.54, 1.807) is 24.3 Å². The molecule has 0 aliphatic heterocycles. The second kappa shape index (κ2) is 10.8. The number of carbonyl (C=O) groups excluding carboxylic acids is 1. The van der Waals surface area contributed by atoms with Crippen LogP contribution in [0, 0.1) is 6.92 Å². The van der Waals surface area contributed by atoms with E-state index < -0.39 is 0 Å². The summed E-state index contributed by atoms with van der Waals surface area (Å²) in [6.45, 7) is 2.76. The van der Waals surface area contributed by atoms with E-state index in [2.05, 4.69) is 26.6 Å². The van der Waals surface area contributed by atoms with Gasteiger partial charge in [0.2, 0.25) is 0 Å². The van der Waals surface area contributed by atoms with Crippen LogP contribution in [0.25, 0.3) is 0 Å². The van der Waals surface area contributed by atoms with Crippen molar-refractivity contribution < 1.29 is 14.3 Å². The first-order valence-electron chi connectivity index (χ1n) is 9.30. The first-order chi connectivity index (χ1) is 14.5. The van der Waals surface area contributed by atoms with Gasteiger partial charge in [-0.25, -0.2) is 0 Å². The number of rotatable bonds is 7. The zero-order valence-electron chi connectivity index (χ0n) is 16.4. The number of hydrogen-bond donors (Lipinski definition) is 2. The first kappa shape index (κ1) is 21.8. The summed E-state index contributed by atoms with van der Waals surface area (Å²) in [5, 5.41) is 5.91. The van der Waals surface area contributed by atoms with Crippen molar-refractivity contribution in [3.05, 3.63) is 88.4 Å². The Morgan fingerprint density at radius 2 is 1.63 bits per heavy atom. The van der Waals surface area contributed by atoms with Crippen LogP contribution in [0.4, 0.5) is 5.69 Å². The Morgan fingerprint density at radius 1 is 0.933 bits per heavy atom. The maximum atomic E-state index is 12.5. The Labute approximate surface area is 189 Å². The molecule has 0 saturated carbocycles. The molecule has 0 radical (unpaired) electrons. The quantitative estimate of drug-likeness (QED) is 0.350. The molecule has 0 unspecified atom stereocenters. The standard InChI is InChI=1S/C23H21BrN2O3S/c1-16-10-11-21(20(24)14-16)25-23(30)26-22(27)17-6-5-9-19(15-17)29-13-12-28-18-7-3-2-4-8-18/h2-11,14-15H,12-13H2,1H3,(H2,25,26,27,30). The number of ether oxygens (including phenoxy) is 2. The van der Waals surface area contributed by atoms with E-state index in [4.69, 9.17) is 21.7 Å². The number of anilines is 1. The molecule has 0 aliphatic carbocycles. The van der Waals surface area contributed by atoms with Gasteiger partial charge in [0.15, 0.2) is 5.11 Å². The lowest BCUT2D eigenvalue weighted by Crippen LogP contribution is -2.34. The van der Waals surface area contributed by atoms with Crippen LogP contribution < -0.4 is 20.1 Å². The molecule has 3 aromatic carbocycles. The SMILES string of the molecule is Cc1ccc(NC(=S)NC(=O)c2cccc(OCCOc3ccccc3)c2)c(Br)c1. The molecule has 0 heterocycles. The molecule has 0 bridgehead atoms. The molecule has 0 aliphatic rings. The third-order valence-corrected chi connectivity index (χ3v) is 4.92. The number of halogens is 1.